The molecule has 0 saturated heterocycles. The number of amides is 1. The molecule has 2 rings (SSSR count). The Labute approximate surface area is 109 Å². The fourth-order valence-corrected chi connectivity index (χ4v) is 1.66. The number of para-hydroxylation sites is 1. The summed E-state index contributed by atoms with van der Waals surface area (Å²) in [7, 11) is 0. The highest BCUT2D eigenvalue weighted by Crippen LogP contribution is 2.23. The second-order valence-corrected chi connectivity index (χ2v) is 3.84. The second-order valence-electron chi connectivity index (χ2n) is 3.84. The van der Waals surface area contributed by atoms with Crippen molar-refractivity contribution >= 4 is 23.0 Å². The zero-order valence-electron chi connectivity index (χ0n) is 9.87. The summed E-state index contributed by atoms with van der Waals surface area (Å²) in [6.45, 7) is 0. The highest BCUT2D eigenvalue weighted by Gasteiger charge is 2.09. The average Bonchev–Trinajstić information content (AvgIpc) is 2.39. The number of benzene rings is 2. The first-order chi connectivity index (χ1) is 9.08. The van der Waals surface area contributed by atoms with Crippen LogP contribution in [0.15, 0.2) is 48.5 Å². The Morgan fingerprint density at radius 1 is 1.16 bits per heavy atom. The number of non-ortho nitro benzene ring substituents is 1. The number of nitrogens with two attached hydrogens (primary N) is 1. The predicted molar refractivity (Wildman–Crippen MR) is 71.3 cm³/mol. The number of primary amides is 1. The minimum atomic E-state index is -0.562. The SMILES string of the molecule is NC(=O)c1ccccc1Nc1cccc([N+](=O)[O-])c1. The minimum Gasteiger partial charge on any atom is -0.366 e. The Hall–Kier alpha value is -2.89. The molecule has 0 fully saturated rings. The largest absolute Gasteiger partial charge is 0.366 e. The lowest BCUT2D eigenvalue weighted by molar-refractivity contribution is -0.384. The van der Waals surface area contributed by atoms with E-state index in [1.54, 1.807) is 36.4 Å². The van der Waals surface area contributed by atoms with Gasteiger partial charge >= 0.3 is 0 Å². The van der Waals surface area contributed by atoms with Crippen molar-refractivity contribution in [3.8, 4) is 0 Å². The van der Waals surface area contributed by atoms with Crippen LogP contribution in [0.1, 0.15) is 10.4 Å². The van der Waals surface area contributed by atoms with Crippen molar-refractivity contribution in [2.45, 2.75) is 0 Å². The molecular formula is C13H11N3O3. The van der Waals surface area contributed by atoms with E-state index in [-0.39, 0.29) is 5.69 Å². The van der Waals surface area contributed by atoms with Crippen molar-refractivity contribution in [1.82, 2.24) is 0 Å². The number of nitro groups is 1. The molecule has 0 saturated carbocycles. The molecule has 3 N–H and O–H groups in total. The molecule has 0 atom stereocenters. The molecule has 2 aromatic rings. The predicted octanol–water partition coefficient (Wildman–Crippen LogP) is 2.44. The molecule has 6 heteroatoms. The fourth-order valence-electron chi connectivity index (χ4n) is 1.66. The maximum atomic E-state index is 11.3. The van der Waals surface area contributed by atoms with Gasteiger partial charge in [-0.05, 0) is 18.2 Å². The van der Waals surface area contributed by atoms with Gasteiger partial charge in [-0.3, -0.25) is 14.9 Å². The number of nitro benzene ring substituents is 1. The highest BCUT2D eigenvalue weighted by atomic mass is 16.6. The first kappa shape index (κ1) is 12.6. The van der Waals surface area contributed by atoms with Crippen molar-refractivity contribution in [2.75, 3.05) is 5.32 Å². The van der Waals surface area contributed by atoms with Crippen LogP contribution in [-0.2, 0) is 0 Å². The van der Waals surface area contributed by atoms with Gasteiger partial charge in [-0.1, -0.05) is 18.2 Å². The van der Waals surface area contributed by atoms with Gasteiger partial charge in [-0.25, -0.2) is 0 Å². The van der Waals surface area contributed by atoms with E-state index in [1.807, 2.05) is 0 Å². The number of rotatable bonds is 4. The summed E-state index contributed by atoms with van der Waals surface area (Å²) in [5.74, 6) is -0.562. The van der Waals surface area contributed by atoms with E-state index in [4.69, 9.17) is 5.73 Å². The van der Waals surface area contributed by atoms with Gasteiger partial charge in [0.1, 0.15) is 0 Å². The third-order valence-corrected chi connectivity index (χ3v) is 2.53. The van der Waals surface area contributed by atoms with Crippen LogP contribution in [0, 0.1) is 10.1 Å². The van der Waals surface area contributed by atoms with E-state index in [0.29, 0.717) is 16.9 Å². The van der Waals surface area contributed by atoms with E-state index < -0.39 is 10.8 Å². The van der Waals surface area contributed by atoms with Crippen LogP contribution >= 0.6 is 0 Å². The maximum Gasteiger partial charge on any atom is 0.271 e. The monoisotopic (exact) mass is 257 g/mol. The molecule has 2 aromatic carbocycles. The zero-order chi connectivity index (χ0) is 13.8. The molecule has 96 valence electrons. The number of nitrogens with zero attached hydrogens (tertiary/aromatic N) is 1. The van der Waals surface area contributed by atoms with Crippen LogP contribution < -0.4 is 11.1 Å². The van der Waals surface area contributed by atoms with Crippen molar-refractivity contribution < 1.29 is 9.72 Å². The van der Waals surface area contributed by atoms with Crippen molar-refractivity contribution in [3.63, 3.8) is 0 Å². The first-order valence-electron chi connectivity index (χ1n) is 5.48. The lowest BCUT2D eigenvalue weighted by Crippen LogP contribution is -2.13. The summed E-state index contributed by atoms with van der Waals surface area (Å²) in [6.07, 6.45) is 0. The summed E-state index contributed by atoms with van der Waals surface area (Å²) < 4.78 is 0. The Balaban J connectivity index is 2.34. The van der Waals surface area contributed by atoms with Gasteiger partial charge < -0.3 is 11.1 Å². The van der Waals surface area contributed by atoms with Crippen LogP contribution in [0.4, 0.5) is 17.1 Å². The highest BCUT2D eigenvalue weighted by molar-refractivity contribution is 5.99. The standard InChI is InChI=1S/C13H11N3O3/c14-13(17)11-6-1-2-7-12(11)15-9-4-3-5-10(8-9)16(18)19/h1-8,15H,(H2,14,17). The molecular weight excluding hydrogens is 246 g/mol. The minimum absolute atomic E-state index is 0.0263. The van der Waals surface area contributed by atoms with Gasteiger partial charge in [0.05, 0.1) is 16.2 Å². The second kappa shape index (κ2) is 5.18. The molecule has 19 heavy (non-hydrogen) atoms. The number of carbonyl (C=O) groups excluding carboxylic acids is 1. The van der Waals surface area contributed by atoms with Gasteiger partial charge in [-0.15, -0.1) is 0 Å². The molecule has 0 bridgehead atoms. The van der Waals surface area contributed by atoms with E-state index >= 15 is 0 Å². The summed E-state index contributed by atoms with van der Waals surface area (Å²) in [6, 6.07) is 12.7. The number of hydrogen-bond donors (Lipinski definition) is 2. The van der Waals surface area contributed by atoms with Gasteiger partial charge in [0.15, 0.2) is 0 Å². The topological polar surface area (TPSA) is 98.3 Å². The molecule has 0 aromatic heterocycles. The Kier molecular flexibility index (Phi) is 3.42. The summed E-state index contributed by atoms with van der Waals surface area (Å²) >= 11 is 0. The van der Waals surface area contributed by atoms with Crippen molar-refractivity contribution in [2.24, 2.45) is 5.73 Å². The molecule has 0 spiro atoms. The van der Waals surface area contributed by atoms with Gasteiger partial charge in [0.2, 0.25) is 0 Å². The molecule has 0 aliphatic rings. The number of anilines is 2. The Morgan fingerprint density at radius 2 is 1.89 bits per heavy atom. The summed E-state index contributed by atoms with van der Waals surface area (Å²) in [4.78, 5) is 21.5. The first-order valence-corrected chi connectivity index (χ1v) is 5.48. The Bertz CT molecular complexity index is 641. The maximum absolute atomic E-state index is 11.3. The molecule has 6 nitrogen and oxygen atoms in total. The molecule has 0 aliphatic carbocycles. The lowest BCUT2D eigenvalue weighted by atomic mass is 10.1. The smallest absolute Gasteiger partial charge is 0.271 e. The van der Waals surface area contributed by atoms with Crippen molar-refractivity contribution in [1.29, 1.82) is 0 Å². The lowest BCUT2D eigenvalue weighted by Gasteiger charge is -2.09. The Morgan fingerprint density at radius 3 is 2.58 bits per heavy atom. The third kappa shape index (κ3) is 2.86. The van der Waals surface area contributed by atoms with Crippen LogP contribution in [-0.4, -0.2) is 10.8 Å². The van der Waals surface area contributed by atoms with Crippen LogP contribution in [0.3, 0.4) is 0 Å². The van der Waals surface area contributed by atoms with E-state index in [9.17, 15) is 14.9 Å². The van der Waals surface area contributed by atoms with E-state index in [2.05, 4.69) is 5.32 Å². The van der Waals surface area contributed by atoms with Crippen LogP contribution in [0.2, 0.25) is 0 Å². The molecule has 0 unspecified atom stereocenters. The normalized spacial score (nSPS) is 9.89. The number of hydrogen-bond acceptors (Lipinski definition) is 4. The summed E-state index contributed by atoms with van der Waals surface area (Å²) in [5, 5.41) is 13.6. The van der Waals surface area contributed by atoms with Crippen molar-refractivity contribution in [3.05, 3.63) is 64.2 Å². The number of nitrogens with one attached hydrogen (secondary N) is 1. The van der Waals surface area contributed by atoms with Crippen LogP contribution in [0.5, 0.6) is 0 Å². The number of carbonyl (C=O) groups is 1. The quantitative estimate of drug-likeness (QED) is 0.649. The molecule has 1 amide bonds. The van der Waals surface area contributed by atoms with E-state index in [0.717, 1.165) is 0 Å². The third-order valence-electron chi connectivity index (χ3n) is 2.53. The van der Waals surface area contributed by atoms with Gasteiger partial charge in [-0.2, -0.15) is 0 Å². The van der Waals surface area contributed by atoms with Gasteiger partial charge in [0.25, 0.3) is 11.6 Å². The molecule has 0 radical (unpaired) electrons. The fraction of sp³-hybridized carbons (Fsp3) is 0. The van der Waals surface area contributed by atoms with Gasteiger partial charge in [0, 0.05) is 17.8 Å². The van der Waals surface area contributed by atoms with Crippen LogP contribution in [0.25, 0.3) is 0 Å². The average molecular weight is 257 g/mol. The summed E-state index contributed by atoms with van der Waals surface area (Å²) in [5.41, 5.74) is 6.59. The molecule has 0 heterocycles. The van der Waals surface area contributed by atoms with E-state index in [1.165, 1.54) is 12.1 Å². The molecule has 0 aliphatic heterocycles. The zero-order valence-corrected chi connectivity index (χ0v) is 9.87.